The van der Waals surface area contributed by atoms with Gasteiger partial charge < -0.3 is 24.7 Å². The quantitative estimate of drug-likeness (QED) is 0.124. The number of ether oxygens (including phenoxy) is 1. The van der Waals surface area contributed by atoms with Gasteiger partial charge in [0.1, 0.15) is 0 Å². The highest BCUT2D eigenvalue weighted by Gasteiger charge is 2.40. The molecular weight excluding hydrogens is 577 g/mol. The molecule has 2 N–H and O–H groups in total. The van der Waals surface area contributed by atoms with E-state index in [-0.39, 0.29) is 0 Å². The fourth-order valence-electron chi connectivity index (χ4n) is 4.96. The number of halogens is 2. The van der Waals surface area contributed by atoms with Crippen LogP contribution >= 0.6 is 23.2 Å². The van der Waals surface area contributed by atoms with Crippen LogP contribution in [0.25, 0.3) is 0 Å². The molecule has 5 nitrogen and oxygen atoms in total. The molecule has 0 aliphatic heterocycles. The molecule has 0 spiro atoms. The Morgan fingerprint density at radius 3 is 1.35 bits per heavy atom. The maximum absolute atomic E-state index is 7.28. The van der Waals surface area contributed by atoms with Crippen LogP contribution in [-0.4, -0.2) is 54.2 Å². The summed E-state index contributed by atoms with van der Waals surface area (Å²) in [5, 5.41) is 7.75. The fourth-order valence-corrected chi connectivity index (χ4v) is 5.34. The highest BCUT2D eigenvalue weighted by Crippen LogP contribution is 2.32. The van der Waals surface area contributed by atoms with Crippen molar-refractivity contribution < 1.29 is 14.0 Å². The lowest BCUT2D eigenvalue weighted by atomic mass is 9.51. The van der Waals surface area contributed by atoms with Crippen LogP contribution in [0.5, 0.6) is 0 Å². The summed E-state index contributed by atoms with van der Waals surface area (Å²) in [5.41, 5.74) is 5.88. The minimum Gasteiger partial charge on any atom is -0.427 e. The second-order valence-corrected chi connectivity index (χ2v) is 11.4. The normalized spacial score (nSPS) is 12.6. The second-order valence-electron chi connectivity index (χ2n) is 10.6. The Morgan fingerprint density at radius 1 is 0.605 bits per heavy atom. The number of rotatable bonds is 16. The van der Waals surface area contributed by atoms with Crippen molar-refractivity contribution in [2.75, 3.05) is 40.4 Å². The van der Waals surface area contributed by atoms with Crippen molar-refractivity contribution in [2.45, 2.75) is 25.9 Å². The average molecular weight is 617 g/mol. The Hall–Kier alpha value is -2.61. The molecule has 9 heteroatoms. The third-order valence-electron chi connectivity index (χ3n) is 7.45. The molecule has 4 rings (SSSR count). The van der Waals surface area contributed by atoms with E-state index in [1.165, 1.54) is 0 Å². The Morgan fingerprint density at radius 2 is 1.00 bits per heavy atom. The van der Waals surface area contributed by atoms with E-state index in [0.717, 1.165) is 33.2 Å². The number of hydrogen-bond donors (Lipinski definition) is 2. The van der Waals surface area contributed by atoms with Crippen LogP contribution in [0.1, 0.15) is 34.3 Å². The minimum absolute atomic E-state index is 0.445. The smallest absolute Gasteiger partial charge is 0.361 e. The summed E-state index contributed by atoms with van der Waals surface area (Å²) in [7, 11) is 3.83. The van der Waals surface area contributed by atoms with Crippen LogP contribution < -0.4 is 21.6 Å². The molecule has 2 atom stereocenters. The topological polar surface area (TPSA) is 51.8 Å². The second kappa shape index (κ2) is 17.0. The van der Waals surface area contributed by atoms with Crippen molar-refractivity contribution >= 4 is 48.0 Å². The van der Waals surface area contributed by atoms with Gasteiger partial charge in [-0.15, -0.1) is 0 Å². The highest BCUT2D eigenvalue weighted by molar-refractivity contribution is 6.70. The lowest BCUT2D eigenvalue weighted by Crippen LogP contribution is -2.47. The summed E-state index contributed by atoms with van der Waals surface area (Å²) in [5.74, 6) is 0. The molecule has 224 valence electrons. The molecule has 0 bridgehead atoms. The van der Waals surface area contributed by atoms with E-state index in [1.54, 1.807) is 0 Å². The third kappa shape index (κ3) is 9.19. The molecule has 0 amide bonds. The molecule has 0 heterocycles. The molecular formula is C34H40B2Cl2N2O3. The van der Waals surface area contributed by atoms with Crippen molar-refractivity contribution in [3.8, 4) is 0 Å². The first kappa shape index (κ1) is 33.3. The van der Waals surface area contributed by atoms with Crippen LogP contribution in [-0.2, 0) is 14.0 Å². The van der Waals surface area contributed by atoms with E-state index in [0.29, 0.717) is 36.3 Å². The SMILES string of the molecule is CNCCOB(c1ccc(C)c(Cl)c1)C(OC(B(OCCNC)c1ccc(C)c(Cl)c1)c1ccccc1)c1ccccc1. The first-order valence-corrected chi connectivity index (χ1v) is 15.5. The predicted molar refractivity (Wildman–Crippen MR) is 182 cm³/mol. The van der Waals surface area contributed by atoms with Gasteiger partial charge in [-0.25, -0.2) is 0 Å². The van der Waals surface area contributed by atoms with E-state index in [4.69, 9.17) is 37.2 Å². The lowest BCUT2D eigenvalue weighted by Gasteiger charge is -2.33. The van der Waals surface area contributed by atoms with Crippen LogP contribution in [0.3, 0.4) is 0 Å². The van der Waals surface area contributed by atoms with Gasteiger partial charge >= 0.3 is 13.8 Å². The van der Waals surface area contributed by atoms with Crippen LogP contribution in [0, 0.1) is 13.8 Å². The van der Waals surface area contributed by atoms with Gasteiger partial charge in [0.25, 0.3) is 0 Å². The summed E-state index contributed by atoms with van der Waals surface area (Å²) in [4.78, 5) is 0. The zero-order chi connectivity index (χ0) is 30.6. The molecule has 0 saturated heterocycles. The summed E-state index contributed by atoms with van der Waals surface area (Å²) in [6, 6.07) is 31.6. The first-order chi connectivity index (χ1) is 20.9. The minimum atomic E-state index is -0.488. The lowest BCUT2D eigenvalue weighted by molar-refractivity contribution is 0.0508. The van der Waals surface area contributed by atoms with E-state index in [9.17, 15) is 0 Å². The number of benzene rings is 4. The van der Waals surface area contributed by atoms with Gasteiger partial charge in [-0.2, -0.15) is 0 Å². The van der Waals surface area contributed by atoms with Gasteiger partial charge in [0.2, 0.25) is 0 Å². The Bertz CT molecular complexity index is 1310. The molecule has 0 aliphatic rings. The van der Waals surface area contributed by atoms with Crippen LogP contribution in [0.15, 0.2) is 97.1 Å². The molecule has 0 fully saturated rings. The van der Waals surface area contributed by atoms with E-state index >= 15 is 0 Å². The molecule has 0 aromatic heterocycles. The number of hydrogen-bond acceptors (Lipinski definition) is 5. The van der Waals surface area contributed by atoms with E-state index < -0.39 is 25.8 Å². The van der Waals surface area contributed by atoms with Crippen LogP contribution in [0.4, 0.5) is 0 Å². The van der Waals surface area contributed by atoms with Crippen molar-refractivity contribution in [3.05, 3.63) is 129 Å². The largest absolute Gasteiger partial charge is 0.427 e. The predicted octanol–water partition coefficient (Wildman–Crippen LogP) is 5.76. The maximum Gasteiger partial charge on any atom is 0.361 e. The van der Waals surface area contributed by atoms with Crippen molar-refractivity contribution in [1.82, 2.24) is 10.6 Å². The van der Waals surface area contributed by atoms with Crippen molar-refractivity contribution in [2.24, 2.45) is 0 Å². The monoisotopic (exact) mass is 616 g/mol. The summed E-state index contributed by atoms with van der Waals surface area (Å²) >= 11 is 13.3. The third-order valence-corrected chi connectivity index (χ3v) is 8.26. The van der Waals surface area contributed by atoms with Crippen LogP contribution in [0.2, 0.25) is 10.0 Å². The number of nitrogens with one attached hydrogen (secondary N) is 2. The maximum atomic E-state index is 7.28. The Labute approximate surface area is 267 Å². The van der Waals surface area contributed by atoms with E-state index in [1.807, 2.05) is 88.6 Å². The van der Waals surface area contributed by atoms with Crippen molar-refractivity contribution in [3.63, 3.8) is 0 Å². The van der Waals surface area contributed by atoms with Gasteiger partial charge in [-0.05, 0) is 73.3 Å². The fraction of sp³-hybridized carbons (Fsp3) is 0.294. The highest BCUT2D eigenvalue weighted by atomic mass is 35.5. The molecule has 43 heavy (non-hydrogen) atoms. The number of aryl methyl sites for hydroxylation is 2. The number of likely N-dealkylation sites (N-methyl/N-ethyl adjacent to an activating group) is 2. The van der Waals surface area contributed by atoms with Gasteiger partial charge in [0.15, 0.2) is 0 Å². The van der Waals surface area contributed by atoms with Gasteiger partial charge in [-0.1, -0.05) is 108 Å². The van der Waals surface area contributed by atoms with Gasteiger partial charge in [0.05, 0.1) is 12.0 Å². The summed E-state index contributed by atoms with van der Waals surface area (Å²) in [6.45, 7) is 5.48. The molecule has 4 aromatic carbocycles. The standard InChI is InChI=1S/C34H40B2Cl2N2O3/c1-25-15-17-29(23-31(25)37)35(41-21-19-39-3)33(27-11-7-5-8-12-27)43-34(28-13-9-6-10-14-28)36(42-22-20-40-4)30-18-16-26(2)32(38)24-30/h5-18,23-24,33-34,39-40H,19-22H2,1-4H3. The van der Waals surface area contributed by atoms with E-state index in [2.05, 4.69) is 47.0 Å². The molecule has 0 radical (unpaired) electrons. The first-order valence-electron chi connectivity index (χ1n) is 14.7. The zero-order valence-corrected chi connectivity index (χ0v) is 26.9. The van der Waals surface area contributed by atoms with Gasteiger partial charge in [0, 0.05) is 36.3 Å². The molecule has 0 aliphatic carbocycles. The average Bonchev–Trinajstić information content (AvgIpc) is 3.03. The zero-order valence-electron chi connectivity index (χ0n) is 25.4. The Kier molecular flexibility index (Phi) is 13.2. The van der Waals surface area contributed by atoms with Crippen molar-refractivity contribution in [1.29, 1.82) is 0 Å². The molecule has 4 aromatic rings. The molecule has 2 unspecified atom stereocenters. The Balaban J connectivity index is 1.86. The summed E-state index contributed by atoms with van der Waals surface area (Å²) in [6.07, 6.45) is 0. The van der Waals surface area contributed by atoms with Gasteiger partial charge in [-0.3, -0.25) is 0 Å². The molecule has 0 saturated carbocycles. The summed E-state index contributed by atoms with van der Waals surface area (Å²) < 4.78 is 20.5.